The molecule has 196 valence electrons. The van der Waals surface area contributed by atoms with E-state index in [-0.39, 0.29) is 46.7 Å². The summed E-state index contributed by atoms with van der Waals surface area (Å²) >= 11 is 0. The Bertz CT molecular complexity index is 1180. The smallest absolute Gasteiger partial charge is 0.261 e. The van der Waals surface area contributed by atoms with Crippen molar-refractivity contribution < 1.29 is 23.1 Å². The van der Waals surface area contributed by atoms with Gasteiger partial charge in [0.2, 0.25) is 0 Å². The summed E-state index contributed by atoms with van der Waals surface area (Å²) in [5.74, 6) is 0.921. The Kier molecular flexibility index (Phi) is 7.92. The molecule has 0 radical (unpaired) electrons. The number of benzene rings is 2. The van der Waals surface area contributed by atoms with Gasteiger partial charge in [-0.05, 0) is 70.0 Å². The molecule has 4 rings (SSSR count). The van der Waals surface area contributed by atoms with Crippen LogP contribution in [0.2, 0.25) is 0 Å². The van der Waals surface area contributed by atoms with E-state index in [1.54, 1.807) is 41.3 Å². The van der Waals surface area contributed by atoms with Gasteiger partial charge in [0.1, 0.15) is 11.9 Å². The molecule has 2 N–H and O–H groups in total. The fourth-order valence-corrected chi connectivity index (χ4v) is 5.61. The maximum atomic E-state index is 13.6. The molecule has 0 saturated heterocycles. The molecule has 3 atom stereocenters. The minimum atomic E-state index is -3.83. The first-order valence-corrected chi connectivity index (χ1v) is 14.1. The number of rotatable bonds is 9. The van der Waals surface area contributed by atoms with Crippen molar-refractivity contribution in [2.45, 2.75) is 50.7 Å². The van der Waals surface area contributed by atoms with Crippen LogP contribution in [0.5, 0.6) is 5.75 Å². The van der Waals surface area contributed by atoms with Crippen molar-refractivity contribution in [3.63, 3.8) is 0 Å². The molecule has 0 unspecified atom stereocenters. The molecule has 0 spiro atoms. The van der Waals surface area contributed by atoms with E-state index in [1.807, 2.05) is 13.8 Å². The summed E-state index contributed by atoms with van der Waals surface area (Å²) in [7, 11) is -1.73. The van der Waals surface area contributed by atoms with E-state index in [9.17, 15) is 18.3 Å². The Morgan fingerprint density at radius 2 is 1.86 bits per heavy atom. The number of likely N-dealkylation sites (N-methyl/N-ethyl adjacent to an activating group) is 1. The van der Waals surface area contributed by atoms with E-state index < -0.39 is 10.0 Å². The van der Waals surface area contributed by atoms with Gasteiger partial charge in [0, 0.05) is 31.2 Å². The second-order valence-corrected chi connectivity index (χ2v) is 12.1. The standard InChI is InChI=1S/C27H37N3O5S/c1-18-5-10-23(11-6-18)36(33,34)28-22-9-12-25-24(13-22)27(32)30(20(3)17-31)14-19(2)26(35-25)16-29(4)15-21-7-8-21/h5-6,9-13,19-21,26,28,31H,7-8,14-17H2,1-4H3/t19-,20-,26+/m1/s1. The molecule has 9 heteroatoms. The predicted octanol–water partition coefficient (Wildman–Crippen LogP) is 3.36. The van der Waals surface area contributed by atoms with Gasteiger partial charge in [-0.2, -0.15) is 0 Å². The third-order valence-corrected chi connectivity index (χ3v) is 8.40. The molecule has 0 bridgehead atoms. The molecule has 1 aliphatic carbocycles. The molecule has 8 nitrogen and oxygen atoms in total. The van der Waals surface area contributed by atoms with E-state index >= 15 is 0 Å². The minimum absolute atomic E-state index is 0.0393. The summed E-state index contributed by atoms with van der Waals surface area (Å²) < 4.78 is 34.9. The van der Waals surface area contributed by atoms with Crippen LogP contribution in [-0.4, -0.2) is 74.7 Å². The van der Waals surface area contributed by atoms with E-state index in [2.05, 4.69) is 23.6 Å². The van der Waals surface area contributed by atoms with Crippen molar-refractivity contribution in [2.75, 3.05) is 38.0 Å². The van der Waals surface area contributed by atoms with Crippen LogP contribution >= 0.6 is 0 Å². The van der Waals surface area contributed by atoms with Crippen molar-refractivity contribution in [3.8, 4) is 5.75 Å². The Hall–Kier alpha value is -2.62. The number of carbonyl (C=O) groups is 1. The van der Waals surface area contributed by atoms with Crippen molar-refractivity contribution in [3.05, 3.63) is 53.6 Å². The van der Waals surface area contributed by atoms with E-state index in [0.717, 1.165) is 18.0 Å². The number of sulfonamides is 1. The highest BCUT2D eigenvalue weighted by molar-refractivity contribution is 7.92. The average Bonchev–Trinajstić information content (AvgIpc) is 3.65. The Balaban J connectivity index is 1.64. The molecule has 1 amide bonds. The lowest BCUT2D eigenvalue weighted by Crippen LogP contribution is -2.50. The number of aliphatic hydroxyl groups excluding tert-OH is 1. The summed E-state index contributed by atoms with van der Waals surface area (Å²) in [5.41, 5.74) is 1.52. The van der Waals surface area contributed by atoms with Crippen LogP contribution in [0.15, 0.2) is 47.4 Å². The molecule has 1 fully saturated rings. The van der Waals surface area contributed by atoms with Gasteiger partial charge in [0.05, 0.1) is 23.1 Å². The van der Waals surface area contributed by atoms with E-state index in [4.69, 9.17) is 4.74 Å². The zero-order valence-corrected chi connectivity index (χ0v) is 22.3. The first kappa shape index (κ1) is 26.4. The highest BCUT2D eigenvalue weighted by Crippen LogP contribution is 2.33. The second-order valence-electron chi connectivity index (χ2n) is 10.4. The highest BCUT2D eigenvalue weighted by atomic mass is 32.2. The molecule has 2 aromatic rings. The average molecular weight is 516 g/mol. The molecule has 2 aliphatic rings. The third kappa shape index (κ3) is 6.19. The molecule has 1 heterocycles. The lowest BCUT2D eigenvalue weighted by atomic mass is 9.99. The number of carbonyl (C=O) groups excluding carboxylic acids is 1. The third-order valence-electron chi connectivity index (χ3n) is 7.01. The molecule has 2 aromatic carbocycles. The first-order valence-electron chi connectivity index (χ1n) is 12.6. The van der Waals surface area contributed by atoms with Gasteiger partial charge in [0.15, 0.2) is 0 Å². The molecular formula is C27H37N3O5S. The normalized spacial score (nSPS) is 21.4. The van der Waals surface area contributed by atoms with Gasteiger partial charge < -0.3 is 19.6 Å². The number of aliphatic hydroxyl groups is 1. The number of nitrogens with zero attached hydrogens (tertiary/aromatic N) is 2. The minimum Gasteiger partial charge on any atom is -0.488 e. The van der Waals surface area contributed by atoms with Crippen LogP contribution in [0, 0.1) is 18.8 Å². The summed E-state index contributed by atoms with van der Waals surface area (Å²) in [6.07, 6.45) is 2.38. The van der Waals surface area contributed by atoms with E-state index in [1.165, 1.54) is 18.9 Å². The number of nitrogens with one attached hydrogen (secondary N) is 1. The van der Waals surface area contributed by atoms with Crippen molar-refractivity contribution in [1.82, 2.24) is 9.80 Å². The lowest BCUT2D eigenvalue weighted by Gasteiger charge is -2.38. The number of hydrogen-bond acceptors (Lipinski definition) is 6. The number of fused-ring (bicyclic) bond motifs is 1. The Morgan fingerprint density at radius 1 is 1.17 bits per heavy atom. The van der Waals surface area contributed by atoms with Crippen molar-refractivity contribution in [2.24, 2.45) is 11.8 Å². The summed E-state index contributed by atoms with van der Waals surface area (Å²) in [6.45, 7) is 7.77. The Labute approximate surface area is 214 Å². The highest BCUT2D eigenvalue weighted by Gasteiger charge is 2.34. The second kappa shape index (κ2) is 10.8. The number of ether oxygens (including phenoxy) is 1. The quantitative estimate of drug-likeness (QED) is 0.531. The van der Waals surface area contributed by atoms with Gasteiger partial charge in [-0.25, -0.2) is 8.42 Å². The molecule has 1 aliphatic heterocycles. The van der Waals surface area contributed by atoms with Crippen molar-refractivity contribution in [1.29, 1.82) is 0 Å². The number of amides is 1. The fourth-order valence-electron chi connectivity index (χ4n) is 4.56. The zero-order valence-electron chi connectivity index (χ0n) is 21.5. The summed E-state index contributed by atoms with van der Waals surface area (Å²) in [5, 5.41) is 9.85. The number of hydrogen-bond donors (Lipinski definition) is 2. The maximum Gasteiger partial charge on any atom is 0.261 e. The molecule has 0 aromatic heterocycles. The topological polar surface area (TPSA) is 99.2 Å². The van der Waals surface area contributed by atoms with Crippen molar-refractivity contribution >= 4 is 21.6 Å². The monoisotopic (exact) mass is 515 g/mol. The fraction of sp³-hybridized carbons (Fsp3) is 0.519. The SMILES string of the molecule is Cc1ccc(S(=O)(=O)Nc2ccc3c(c2)C(=O)N([C@H](C)CO)C[C@@H](C)[C@H](CN(C)CC2CC2)O3)cc1. The summed E-state index contributed by atoms with van der Waals surface area (Å²) in [4.78, 5) is 17.7. The molecule has 36 heavy (non-hydrogen) atoms. The van der Waals surface area contributed by atoms with Crippen LogP contribution in [0.4, 0.5) is 5.69 Å². The van der Waals surface area contributed by atoms with Crippen LogP contribution in [0.25, 0.3) is 0 Å². The number of anilines is 1. The van der Waals surface area contributed by atoms with Crippen LogP contribution in [-0.2, 0) is 10.0 Å². The van der Waals surface area contributed by atoms with Gasteiger partial charge in [-0.15, -0.1) is 0 Å². The van der Waals surface area contributed by atoms with Gasteiger partial charge in [-0.1, -0.05) is 24.6 Å². The maximum absolute atomic E-state index is 13.6. The zero-order chi connectivity index (χ0) is 26.0. The van der Waals surface area contributed by atoms with Crippen LogP contribution in [0.3, 0.4) is 0 Å². The summed E-state index contributed by atoms with van der Waals surface area (Å²) in [6, 6.07) is 11.0. The lowest BCUT2D eigenvalue weighted by molar-refractivity contribution is 0.0344. The van der Waals surface area contributed by atoms with E-state index in [0.29, 0.717) is 18.8 Å². The molecular weight excluding hydrogens is 478 g/mol. The van der Waals surface area contributed by atoms with Crippen LogP contribution < -0.4 is 9.46 Å². The van der Waals surface area contributed by atoms with Crippen LogP contribution in [0.1, 0.15) is 42.6 Å². The first-order chi connectivity index (χ1) is 17.1. The molecule has 1 saturated carbocycles. The predicted molar refractivity (Wildman–Crippen MR) is 140 cm³/mol. The largest absolute Gasteiger partial charge is 0.488 e. The Morgan fingerprint density at radius 3 is 2.50 bits per heavy atom. The van der Waals surface area contributed by atoms with Gasteiger partial charge in [-0.3, -0.25) is 9.52 Å². The number of aryl methyl sites for hydroxylation is 1. The van der Waals surface area contributed by atoms with Gasteiger partial charge in [0.25, 0.3) is 15.9 Å². The van der Waals surface area contributed by atoms with Gasteiger partial charge >= 0.3 is 0 Å².